The predicted molar refractivity (Wildman–Crippen MR) is 78.4 cm³/mol. The molecule has 127 valence electrons. The highest BCUT2D eigenvalue weighted by Crippen LogP contribution is 2.37. The first-order valence-corrected chi connectivity index (χ1v) is 9.08. The maximum Gasteiger partial charge on any atom is 0.416 e. The molecule has 1 aromatic carbocycles. The second-order valence-electron chi connectivity index (χ2n) is 5.99. The van der Waals surface area contributed by atoms with Gasteiger partial charge in [0.2, 0.25) is 10.0 Å². The third-order valence-corrected chi connectivity index (χ3v) is 6.25. The number of alkyl halides is 3. The van der Waals surface area contributed by atoms with Crippen molar-refractivity contribution in [2.24, 2.45) is 0 Å². The Morgan fingerprint density at radius 1 is 1.04 bits per heavy atom. The van der Waals surface area contributed by atoms with Gasteiger partial charge in [0.1, 0.15) is 0 Å². The second kappa shape index (κ2) is 6.07. The van der Waals surface area contributed by atoms with Crippen LogP contribution >= 0.6 is 0 Å². The van der Waals surface area contributed by atoms with E-state index in [9.17, 15) is 21.6 Å². The summed E-state index contributed by atoms with van der Waals surface area (Å²) >= 11 is 0. The first-order valence-electron chi connectivity index (χ1n) is 7.64. The summed E-state index contributed by atoms with van der Waals surface area (Å²) in [5, 5.41) is 4.22. The number of hydrogen-bond donors (Lipinski definition) is 0. The van der Waals surface area contributed by atoms with Crippen LogP contribution in [0.25, 0.3) is 0 Å². The summed E-state index contributed by atoms with van der Waals surface area (Å²) in [5.74, 6) is 0. The van der Waals surface area contributed by atoms with Crippen LogP contribution in [0.4, 0.5) is 13.2 Å². The molecule has 23 heavy (non-hydrogen) atoms. The molecule has 0 N–H and O–H groups in total. The number of hydrogen-bond acceptors (Lipinski definition) is 2. The lowest BCUT2D eigenvalue weighted by Gasteiger charge is -2.33. The van der Waals surface area contributed by atoms with Gasteiger partial charge < -0.3 is 0 Å². The molecule has 1 heterocycles. The molecule has 3 rings (SSSR count). The number of benzene rings is 1. The summed E-state index contributed by atoms with van der Waals surface area (Å²) in [5.41, 5.74) is -0.937. The molecule has 1 saturated carbocycles. The van der Waals surface area contributed by atoms with Crippen molar-refractivity contribution in [1.82, 2.24) is 9.62 Å². The summed E-state index contributed by atoms with van der Waals surface area (Å²) in [6, 6.07) is 3.76. The summed E-state index contributed by atoms with van der Waals surface area (Å²) in [7, 11) is -3.93. The largest absolute Gasteiger partial charge is 0.416 e. The standard InChI is InChI=1S/C15H18F3N2O2S/c16-15(17,18)11-2-1-3-14(10-11)23(21,22)20(12-4-5-12)13-6-8-19-9-7-13/h1-3,10,12-13H,4-9H2. The third-order valence-electron chi connectivity index (χ3n) is 4.24. The lowest BCUT2D eigenvalue weighted by molar-refractivity contribution is -0.137. The average Bonchev–Trinajstić information content (AvgIpc) is 3.32. The lowest BCUT2D eigenvalue weighted by atomic mass is 10.1. The Labute approximate surface area is 133 Å². The zero-order valence-corrected chi connectivity index (χ0v) is 13.3. The molecule has 0 amide bonds. The molecular formula is C15H18F3N2O2S. The van der Waals surface area contributed by atoms with Gasteiger partial charge in [0, 0.05) is 25.2 Å². The van der Waals surface area contributed by atoms with Crippen LogP contribution < -0.4 is 5.32 Å². The number of halogens is 3. The molecule has 0 unspecified atom stereocenters. The second-order valence-corrected chi connectivity index (χ2v) is 7.84. The molecule has 1 aromatic rings. The normalized spacial score (nSPS) is 20.9. The van der Waals surface area contributed by atoms with E-state index in [4.69, 9.17) is 0 Å². The van der Waals surface area contributed by atoms with Crippen molar-refractivity contribution in [3.05, 3.63) is 29.8 Å². The van der Waals surface area contributed by atoms with Crippen LogP contribution in [-0.2, 0) is 16.2 Å². The average molecular weight is 347 g/mol. The van der Waals surface area contributed by atoms with Crippen LogP contribution in [0.2, 0.25) is 0 Å². The smallest absolute Gasteiger partial charge is 0.242 e. The summed E-state index contributed by atoms with van der Waals surface area (Å²) in [4.78, 5) is -0.276. The molecule has 2 aliphatic rings. The maximum atomic E-state index is 12.9. The first kappa shape index (κ1) is 16.7. The van der Waals surface area contributed by atoms with Gasteiger partial charge in [-0.3, -0.25) is 0 Å². The van der Waals surface area contributed by atoms with Gasteiger partial charge in [-0.15, -0.1) is 0 Å². The Hall–Kier alpha value is -1.12. The molecule has 0 aromatic heterocycles. The monoisotopic (exact) mass is 347 g/mol. The van der Waals surface area contributed by atoms with Gasteiger partial charge in [-0.05, 0) is 43.9 Å². The van der Waals surface area contributed by atoms with E-state index in [1.54, 1.807) is 0 Å². The predicted octanol–water partition coefficient (Wildman–Crippen LogP) is 2.63. The van der Waals surface area contributed by atoms with Crippen LogP contribution in [-0.4, -0.2) is 37.9 Å². The Balaban J connectivity index is 1.95. The van der Waals surface area contributed by atoms with E-state index in [-0.39, 0.29) is 17.0 Å². The molecular weight excluding hydrogens is 329 g/mol. The van der Waals surface area contributed by atoms with Crippen LogP contribution in [0.5, 0.6) is 0 Å². The topological polar surface area (TPSA) is 51.5 Å². The quantitative estimate of drug-likeness (QED) is 0.841. The molecule has 4 nitrogen and oxygen atoms in total. The van der Waals surface area contributed by atoms with E-state index in [0.29, 0.717) is 25.9 Å². The highest BCUT2D eigenvalue weighted by atomic mass is 32.2. The Bertz CT molecular complexity index is 666. The zero-order valence-electron chi connectivity index (χ0n) is 12.5. The highest BCUT2D eigenvalue weighted by Gasteiger charge is 2.43. The van der Waals surface area contributed by atoms with Crippen LogP contribution in [0.15, 0.2) is 29.2 Å². The fraction of sp³-hybridized carbons (Fsp3) is 0.600. The number of nitrogens with zero attached hydrogens (tertiary/aromatic N) is 2. The number of sulfonamides is 1. The van der Waals surface area contributed by atoms with Crippen molar-refractivity contribution in [2.45, 2.75) is 48.8 Å². The SMILES string of the molecule is O=S(=O)(c1cccc(C(F)(F)F)c1)N(C1CC[N]CC1)C1CC1. The summed E-state index contributed by atoms with van der Waals surface area (Å²) in [6.07, 6.45) is -1.75. The van der Waals surface area contributed by atoms with Crippen molar-refractivity contribution in [1.29, 1.82) is 0 Å². The van der Waals surface area contributed by atoms with Gasteiger partial charge in [-0.1, -0.05) is 6.07 Å². The van der Waals surface area contributed by atoms with Crippen molar-refractivity contribution >= 4 is 10.0 Å². The minimum atomic E-state index is -4.56. The van der Waals surface area contributed by atoms with Gasteiger partial charge in [-0.25, -0.2) is 13.7 Å². The van der Waals surface area contributed by atoms with Gasteiger partial charge in [0.25, 0.3) is 0 Å². The van der Waals surface area contributed by atoms with Gasteiger partial charge in [0.05, 0.1) is 10.5 Å². The fourth-order valence-electron chi connectivity index (χ4n) is 2.97. The van der Waals surface area contributed by atoms with Crippen LogP contribution in [0.1, 0.15) is 31.2 Å². The van der Waals surface area contributed by atoms with E-state index < -0.39 is 21.8 Å². The van der Waals surface area contributed by atoms with Crippen molar-refractivity contribution in [3.8, 4) is 0 Å². The molecule has 1 aliphatic heterocycles. The lowest BCUT2D eigenvalue weighted by Crippen LogP contribution is -2.46. The minimum absolute atomic E-state index is 0.0855. The van der Waals surface area contributed by atoms with Gasteiger partial charge in [0.15, 0.2) is 0 Å². The van der Waals surface area contributed by atoms with Crippen molar-refractivity contribution in [3.63, 3.8) is 0 Å². The van der Waals surface area contributed by atoms with Crippen molar-refractivity contribution in [2.75, 3.05) is 13.1 Å². The van der Waals surface area contributed by atoms with E-state index in [2.05, 4.69) is 5.32 Å². The molecule has 1 radical (unpaired) electrons. The molecule has 1 aliphatic carbocycles. The first-order chi connectivity index (χ1) is 10.8. The Kier molecular flexibility index (Phi) is 4.41. The van der Waals surface area contributed by atoms with Crippen LogP contribution in [0, 0.1) is 0 Å². The van der Waals surface area contributed by atoms with E-state index >= 15 is 0 Å². The van der Waals surface area contributed by atoms with E-state index in [1.807, 2.05) is 0 Å². The molecule has 0 bridgehead atoms. The van der Waals surface area contributed by atoms with Gasteiger partial charge in [-0.2, -0.15) is 17.5 Å². The highest BCUT2D eigenvalue weighted by molar-refractivity contribution is 7.89. The Morgan fingerprint density at radius 3 is 2.22 bits per heavy atom. The van der Waals surface area contributed by atoms with E-state index in [1.165, 1.54) is 10.4 Å². The molecule has 0 atom stereocenters. The zero-order chi connectivity index (χ0) is 16.7. The fourth-order valence-corrected chi connectivity index (χ4v) is 4.94. The molecule has 2 fully saturated rings. The van der Waals surface area contributed by atoms with Gasteiger partial charge >= 0.3 is 6.18 Å². The molecule has 8 heteroatoms. The number of rotatable bonds is 4. The molecule has 0 spiro atoms. The van der Waals surface area contributed by atoms with E-state index in [0.717, 1.165) is 31.0 Å². The summed E-state index contributed by atoms with van der Waals surface area (Å²) in [6.45, 7) is 1.21. The third kappa shape index (κ3) is 3.54. The van der Waals surface area contributed by atoms with Crippen LogP contribution in [0.3, 0.4) is 0 Å². The molecule has 1 saturated heterocycles. The minimum Gasteiger partial charge on any atom is -0.242 e. The summed E-state index contributed by atoms with van der Waals surface area (Å²) < 4.78 is 65.9. The maximum absolute atomic E-state index is 12.9. The Morgan fingerprint density at radius 2 is 1.65 bits per heavy atom. The van der Waals surface area contributed by atoms with Crippen molar-refractivity contribution < 1.29 is 21.6 Å². The number of piperidine rings is 1.